The number of hydrogen-bond donors (Lipinski definition) is 2. The third-order valence-corrected chi connectivity index (χ3v) is 5.38. The van der Waals surface area contributed by atoms with Gasteiger partial charge in [-0.15, -0.1) is 0 Å². The molecule has 32 heavy (non-hydrogen) atoms. The molecule has 0 spiro atoms. The number of anilines is 2. The minimum atomic E-state index is -0.797. The molecule has 1 aliphatic rings. The maximum atomic E-state index is 12.6. The first-order valence-electron chi connectivity index (χ1n) is 9.87. The quantitative estimate of drug-likeness (QED) is 0.450. The lowest BCUT2D eigenvalue weighted by molar-refractivity contribution is -0.384. The summed E-state index contributed by atoms with van der Waals surface area (Å²) in [5.41, 5.74) is 3.34. The Kier molecular flexibility index (Phi) is 5.35. The van der Waals surface area contributed by atoms with Gasteiger partial charge in [0.2, 0.25) is 5.91 Å². The number of carbonyl (C=O) groups excluding carboxylic acids is 2. The van der Waals surface area contributed by atoms with Crippen molar-refractivity contribution in [2.45, 2.75) is 26.3 Å². The number of aromatic nitrogens is 2. The number of methoxy groups -OCH3 is 1. The van der Waals surface area contributed by atoms with Crippen molar-refractivity contribution < 1.29 is 19.2 Å². The summed E-state index contributed by atoms with van der Waals surface area (Å²) in [4.78, 5) is 35.7. The molecule has 1 aliphatic heterocycles. The van der Waals surface area contributed by atoms with Gasteiger partial charge in [0.15, 0.2) is 0 Å². The number of hydrogen-bond acceptors (Lipinski definition) is 6. The zero-order valence-corrected chi connectivity index (χ0v) is 17.7. The standard InChI is InChI=1S/C22H21N5O5/c1-12-10-15(27(30)31)6-9-17(12)23-19(28)11-18-22(29)24-21-20(13(2)25-26(18)21)14-4-7-16(32-3)8-5-14/h4-10,18H,11H2,1-3H3,(H,23,28)(H,24,29). The van der Waals surface area contributed by atoms with E-state index in [9.17, 15) is 19.7 Å². The lowest BCUT2D eigenvalue weighted by Crippen LogP contribution is -2.24. The SMILES string of the molecule is COc1ccc(-c2c(C)nn3c2NC(=O)C3CC(=O)Nc2ccc([N+](=O)[O-])cc2C)cc1. The number of nitrogens with zero attached hydrogens (tertiary/aromatic N) is 3. The first-order valence-corrected chi connectivity index (χ1v) is 9.87. The molecule has 2 aromatic carbocycles. The fraction of sp³-hybridized carbons (Fsp3) is 0.227. The topological polar surface area (TPSA) is 128 Å². The second-order valence-electron chi connectivity index (χ2n) is 7.50. The van der Waals surface area contributed by atoms with Gasteiger partial charge in [-0.2, -0.15) is 5.10 Å². The number of rotatable bonds is 6. The average molecular weight is 435 g/mol. The van der Waals surface area contributed by atoms with Crippen molar-refractivity contribution in [1.29, 1.82) is 0 Å². The van der Waals surface area contributed by atoms with E-state index in [1.165, 1.54) is 18.2 Å². The van der Waals surface area contributed by atoms with Crippen LogP contribution < -0.4 is 15.4 Å². The van der Waals surface area contributed by atoms with E-state index in [1.54, 1.807) is 18.7 Å². The predicted molar refractivity (Wildman–Crippen MR) is 118 cm³/mol. The summed E-state index contributed by atoms with van der Waals surface area (Å²) < 4.78 is 6.74. The number of nitrogens with one attached hydrogen (secondary N) is 2. The Hall–Kier alpha value is -4.21. The molecule has 0 saturated carbocycles. The fourth-order valence-corrected chi connectivity index (χ4v) is 3.76. The number of carbonyl (C=O) groups is 2. The molecule has 2 heterocycles. The van der Waals surface area contributed by atoms with Gasteiger partial charge >= 0.3 is 0 Å². The van der Waals surface area contributed by atoms with Crippen LogP contribution in [-0.4, -0.2) is 33.6 Å². The molecule has 10 nitrogen and oxygen atoms in total. The van der Waals surface area contributed by atoms with E-state index in [0.717, 1.165) is 22.6 Å². The van der Waals surface area contributed by atoms with E-state index in [4.69, 9.17) is 4.74 Å². The Bertz CT molecular complexity index is 1230. The van der Waals surface area contributed by atoms with Crippen molar-refractivity contribution in [2.24, 2.45) is 0 Å². The van der Waals surface area contributed by atoms with E-state index in [2.05, 4.69) is 15.7 Å². The van der Waals surface area contributed by atoms with E-state index < -0.39 is 16.9 Å². The van der Waals surface area contributed by atoms with Crippen molar-refractivity contribution >= 4 is 29.0 Å². The Morgan fingerprint density at radius 3 is 2.59 bits per heavy atom. The predicted octanol–water partition coefficient (Wildman–Crippen LogP) is 3.61. The molecule has 164 valence electrons. The van der Waals surface area contributed by atoms with Crippen molar-refractivity contribution in [3.63, 3.8) is 0 Å². The second kappa shape index (κ2) is 8.14. The smallest absolute Gasteiger partial charge is 0.269 e. The summed E-state index contributed by atoms with van der Waals surface area (Å²) in [6.45, 7) is 3.51. The molecular weight excluding hydrogens is 414 g/mol. The molecule has 1 aromatic heterocycles. The van der Waals surface area contributed by atoms with Crippen molar-refractivity contribution in [1.82, 2.24) is 9.78 Å². The Morgan fingerprint density at radius 2 is 1.97 bits per heavy atom. The molecule has 1 atom stereocenters. The summed E-state index contributed by atoms with van der Waals surface area (Å²) >= 11 is 0. The molecule has 3 aromatic rings. The van der Waals surface area contributed by atoms with Crippen molar-refractivity contribution in [2.75, 3.05) is 17.7 Å². The molecule has 0 radical (unpaired) electrons. The second-order valence-corrected chi connectivity index (χ2v) is 7.50. The highest BCUT2D eigenvalue weighted by Gasteiger charge is 2.36. The molecule has 1 unspecified atom stereocenters. The van der Waals surface area contributed by atoms with E-state index in [0.29, 0.717) is 17.1 Å². The van der Waals surface area contributed by atoms with Gasteiger partial charge in [-0.25, -0.2) is 4.68 Å². The van der Waals surface area contributed by atoms with Crippen LogP contribution in [0.25, 0.3) is 11.1 Å². The van der Waals surface area contributed by atoms with Crippen molar-refractivity contribution in [3.05, 3.63) is 63.8 Å². The third-order valence-electron chi connectivity index (χ3n) is 5.38. The third kappa shape index (κ3) is 3.78. The van der Waals surface area contributed by atoms with Crippen molar-refractivity contribution in [3.8, 4) is 16.9 Å². The van der Waals surface area contributed by atoms with Gasteiger partial charge in [-0.05, 0) is 43.2 Å². The number of aryl methyl sites for hydroxylation is 2. The minimum absolute atomic E-state index is 0.0570. The summed E-state index contributed by atoms with van der Waals surface area (Å²) in [5.74, 6) is 0.546. The molecule has 0 saturated heterocycles. The number of benzene rings is 2. The highest BCUT2D eigenvalue weighted by molar-refractivity contribution is 6.04. The largest absolute Gasteiger partial charge is 0.497 e. The number of amides is 2. The number of nitro benzene ring substituents is 1. The van der Waals surface area contributed by atoms with Gasteiger partial charge in [-0.1, -0.05) is 12.1 Å². The lowest BCUT2D eigenvalue weighted by Gasteiger charge is -2.11. The molecule has 2 amide bonds. The summed E-state index contributed by atoms with van der Waals surface area (Å²) in [5, 5.41) is 21.0. The molecule has 0 fully saturated rings. The van der Waals surface area contributed by atoms with Crippen LogP contribution in [-0.2, 0) is 9.59 Å². The van der Waals surface area contributed by atoms with Crippen LogP contribution in [0.5, 0.6) is 5.75 Å². The first-order chi connectivity index (χ1) is 15.3. The van der Waals surface area contributed by atoms with Crippen LogP contribution in [0.4, 0.5) is 17.2 Å². The Labute approximate surface area is 183 Å². The normalized spacial score (nSPS) is 14.6. The average Bonchev–Trinajstić information content (AvgIpc) is 3.23. The van der Waals surface area contributed by atoms with Crippen LogP contribution in [0, 0.1) is 24.0 Å². The fourth-order valence-electron chi connectivity index (χ4n) is 3.76. The Balaban J connectivity index is 1.55. The van der Waals surface area contributed by atoms with Crippen LogP contribution in [0.3, 0.4) is 0 Å². The zero-order valence-electron chi connectivity index (χ0n) is 17.7. The highest BCUT2D eigenvalue weighted by atomic mass is 16.6. The number of fused-ring (bicyclic) bond motifs is 1. The van der Waals surface area contributed by atoms with Crippen LogP contribution in [0.2, 0.25) is 0 Å². The van der Waals surface area contributed by atoms with E-state index >= 15 is 0 Å². The van der Waals surface area contributed by atoms with Crippen LogP contribution >= 0.6 is 0 Å². The Morgan fingerprint density at radius 1 is 1.25 bits per heavy atom. The molecule has 0 aliphatic carbocycles. The molecule has 10 heteroatoms. The lowest BCUT2D eigenvalue weighted by atomic mass is 10.1. The van der Waals surface area contributed by atoms with Gasteiger partial charge in [0, 0.05) is 23.4 Å². The molecule has 0 bridgehead atoms. The number of ether oxygens (including phenoxy) is 1. The monoisotopic (exact) mass is 435 g/mol. The van der Waals surface area contributed by atoms with E-state index in [-0.39, 0.29) is 18.0 Å². The van der Waals surface area contributed by atoms with Crippen LogP contribution in [0.15, 0.2) is 42.5 Å². The van der Waals surface area contributed by atoms with Gasteiger partial charge in [0.05, 0.1) is 24.1 Å². The summed E-state index contributed by atoms with van der Waals surface area (Å²) in [6.07, 6.45) is -0.127. The number of non-ortho nitro benzene ring substituents is 1. The summed E-state index contributed by atoms with van der Waals surface area (Å²) in [6, 6.07) is 10.8. The van der Waals surface area contributed by atoms with Gasteiger partial charge < -0.3 is 15.4 Å². The number of nitro groups is 1. The molecule has 4 rings (SSSR count). The molecular formula is C22H21N5O5. The zero-order chi connectivity index (χ0) is 23.0. The van der Waals surface area contributed by atoms with Crippen LogP contribution in [0.1, 0.15) is 23.7 Å². The highest BCUT2D eigenvalue weighted by Crippen LogP contribution is 2.38. The van der Waals surface area contributed by atoms with Gasteiger partial charge in [0.1, 0.15) is 17.6 Å². The first kappa shape index (κ1) is 21.0. The van der Waals surface area contributed by atoms with E-state index in [1.807, 2.05) is 31.2 Å². The minimum Gasteiger partial charge on any atom is -0.497 e. The van der Waals surface area contributed by atoms with Gasteiger partial charge in [-0.3, -0.25) is 19.7 Å². The maximum Gasteiger partial charge on any atom is 0.269 e. The summed E-state index contributed by atoms with van der Waals surface area (Å²) in [7, 11) is 1.59. The van der Waals surface area contributed by atoms with Gasteiger partial charge in [0.25, 0.3) is 11.6 Å². The molecule has 2 N–H and O–H groups in total. The maximum absolute atomic E-state index is 12.6.